The summed E-state index contributed by atoms with van der Waals surface area (Å²) >= 11 is 2.84. The monoisotopic (exact) mass is 322 g/mol. The van der Waals surface area contributed by atoms with Crippen molar-refractivity contribution in [3.8, 4) is 0 Å². The molecule has 1 saturated carbocycles. The van der Waals surface area contributed by atoms with Gasteiger partial charge in [0.15, 0.2) is 0 Å². The van der Waals surface area contributed by atoms with Crippen molar-refractivity contribution in [2.75, 3.05) is 5.75 Å². The highest BCUT2D eigenvalue weighted by molar-refractivity contribution is 8.00. The van der Waals surface area contributed by atoms with Crippen molar-refractivity contribution >= 4 is 29.5 Å². The zero-order chi connectivity index (χ0) is 14.8. The Bertz CT molecular complexity index is 670. The first-order valence-electron chi connectivity index (χ1n) is 6.65. The van der Waals surface area contributed by atoms with Crippen LogP contribution in [0, 0.1) is 0 Å². The van der Waals surface area contributed by atoms with Gasteiger partial charge in [-0.2, -0.15) is 0 Å². The molecule has 3 rings (SSSR count). The lowest BCUT2D eigenvalue weighted by atomic mass is 10.2. The molecule has 110 valence electrons. The van der Waals surface area contributed by atoms with Crippen molar-refractivity contribution in [1.29, 1.82) is 0 Å². The van der Waals surface area contributed by atoms with E-state index in [9.17, 15) is 9.90 Å². The number of tetrazole rings is 1. The number of thioether (sulfide) groups is 1. The van der Waals surface area contributed by atoms with E-state index in [0.717, 1.165) is 23.5 Å². The maximum atomic E-state index is 11.6. The lowest BCUT2D eigenvalue weighted by Gasteiger charge is -2.10. The highest BCUT2D eigenvalue weighted by Gasteiger charge is 2.29. The third kappa shape index (κ3) is 3.06. The summed E-state index contributed by atoms with van der Waals surface area (Å²) in [7, 11) is 0. The smallest absolute Gasteiger partial charge is 0.337 e. The minimum absolute atomic E-state index is 0.333. The van der Waals surface area contributed by atoms with Crippen molar-refractivity contribution in [3.63, 3.8) is 0 Å². The van der Waals surface area contributed by atoms with Gasteiger partial charge in [-0.3, -0.25) is 0 Å². The fourth-order valence-electron chi connectivity index (χ4n) is 1.98. The maximum Gasteiger partial charge on any atom is 0.337 e. The summed E-state index contributed by atoms with van der Waals surface area (Å²) in [5.74, 6) is -0.0895. The van der Waals surface area contributed by atoms with Crippen LogP contribution < -0.4 is 0 Å². The molecule has 0 aliphatic heterocycles. The zero-order valence-electron chi connectivity index (χ0n) is 11.4. The molecule has 1 aromatic carbocycles. The fourth-order valence-corrected chi connectivity index (χ4v) is 3.87. The Morgan fingerprint density at radius 3 is 2.86 bits per heavy atom. The second-order valence-corrected chi connectivity index (χ2v) is 6.92. The number of rotatable bonds is 6. The molecule has 1 N–H and O–H groups in total. The van der Waals surface area contributed by atoms with Gasteiger partial charge in [0.25, 0.3) is 0 Å². The Hall–Kier alpha value is -1.54. The van der Waals surface area contributed by atoms with E-state index in [0.29, 0.717) is 21.7 Å². The molecule has 0 radical (unpaired) electrons. The molecule has 0 unspecified atom stereocenters. The molecule has 2 aromatic rings. The minimum Gasteiger partial charge on any atom is -0.478 e. The van der Waals surface area contributed by atoms with Crippen LogP contribution in [0.5, 0.6) is 0 Å². The van der Waals surface area contributed by atoms with E-state index in [2.05, 4.69) is 15.5 Å². The SMILES string of the molecule is CCSc1cccc(Sc2nnnn2C2CC2)c1C(=O)O. The Labute approximate surface area is 130 Å². The molecule has 8 heteroatoms. The van der Waals surface area contributed by atoms with Crippen LogP contribution in [-0.4, -0.2) is 37.0 Å². The van der Waals surface area contributed by atoms with Crippen LogP contribution in [-0.2, 0) is 0 Å². The number of benzene rings is 1. The summed E-state index contributed by atoms with van der Waals surface area (Å²) in [6.45, 7) is 2.00. The van der Waals surface area contributed by atoms with E-state index in [1.165, 1.54) is 23.5 Å². The van der Waals surface area contributed by atoms with Crippen molar-refractivity contribution in [2.45, 2.75) is 40.8 Å². The van der Waals surface area contributed by atoms with Gasteiger partial charge < -0.3 is 5.11 Å². The van der Waals surface area contributed by atoms with Gasteiger partial charge in [-0.05, 0) is 52.9 Å². The van der Waals surface area contributed by atoms with Gasteiger partial charge in [0.05, 0.1) is 11.6 Å². The van der Waals surface area contributed by atoms with Gasteiger partial charge in [0.2, 0.25) is 5.16 Å². The number of hydrogen-bond acceptors (Lipinski definition) is 6. The van der Waals surface area contributed by atoms with Crippen molar-refractivity contribution < 1.29 is 9.90 Å². The van der Waals surface area contributed by atoms with Crippen molar-refractivity contribution in [1.82, 2.24) is 20.2 Å². The standard InChI is InChI=1S/C13H14N4O2S2/c1-2-20-9-4-3-5-10(11(9)12(18)19)21-13-14-15-16-17(13)8-6-7-8/h3-5,8H,2,6-7H2,1H3,(H,18,19). The second-order valence-electron chi connectivity index (χ2n) is 4.61. The summed E-state index contributed by atoms with van der Waals surface area (Å²) in [4.78, 5) is 13.0. The van der Waals surface area contributed by atoms with Gasteiger partial charge in [0.1, 0.15) is 0 Å². The van der Waals surface area contributed by atoms with E-state index in [1.807, 2.05) is 19.1 Å². The molecule has 1 aliphatic carbocycles. The number of carboxylic acid groups (broad SMARTS) is 1. The first kappa shape index (κ1) is 14.4. The molecule has 0 amide bonds. The minimum atomic E-state index is -0.917. The van der Waals surface area contributed by atoms with Crippen LogP contribution in [0.2, 0.25) is 0 Å². The average Bonchev–Trinajstić information content (AvgIpc) is 3.20. The zero-order valence-corrected chi connectivity index (χ0v) is 13.0. The summed E-state index contributed by atoms with van der Waals surface area (Å²) in [6, 6.07) is 5.88. The molecule has 21 heavy (non-hydrogen) atoms. The van der Waals surface area contributed by atoms with Crippen LogP contribution in [0.3, 0.4) is 0 Å². The molecule has 1 aliphatic rings. The van der Waals surface area contributed by atoms with E-state index in [4.69, 9.17) is 0 Å². The molecular weight excluding hydrogens is 308 g/mol. The Balaban J connectivity index is 1.95. The highest BCUT2D eigenvalue weighted by atomic mass is 32.2. The third-order valence-corrected chi connectivity index (χ3v) is 5.01. The first-order chi connectivity index (χ1) is 10.2. The summed E-state index contributed by atoms with van der Waals surface area (Å²) in [6.07, 6.45) is 2.16. The Morgan fingerprint density at radius 2 is 2.19 bits per heavy atom. The molecule has 1 fully saturated rings. The van der Waals surface area contributed by atoms with Crippen LogP contribution >= 0.6 is 23.5 Å². The summed E-state index contributed by atoms with van der Waals surface area (Å²) < 4.78 is 1.79. The van der Waals surface area contributed by atoms with Crippen LogP contribution in [0.1, 0.15) is 36.2 Å². The molecule has 0 bridgehead atoms. The van der Waals surface area contributed by atoms with Gasteiger partial charge in [0, 0.05) is 9.79 Å². The van der Waals surface area contributed by atoms with Gasteiger partial charge in [-0.25, -0.2) is 9.48 Å². The van der Waals surface area contributed by atoms with Gasteiger partial charge >= 0.3 is 5.97 Å². The number of hydrogen-bond donors (Lipinski definition) is 1. The van der Waals surface area contributed by atoms with Crippen molar-refractivity contribution in [3.05, 3.63) is 23.8 Å². The molecule has 6 nitrogen and oxygen atoms in total. The topological polar surface area (TPSA) is 80.9 Å². The number of aromatic nitrogens is 4. The molecule has 1 aromatic heterocycles. The first-order valence-corrected chi connectivity index (χ1v) is 8.45. The Kier molecular flexibility index (Phi) is 4.16. The highest BCUT2D eigenvalue weighted by Crippen LogP contribution is 2.39. The van der Waals surface area contributed by atoms with Gasteiger partial charge in [-0.1, -0.05) is 13.0 Å². The van der Waals surface area contributed by atoms with Crippen LogP contribution in [0.4, 0.5) is 0 Å². The molecule has 0 spiro atoms. The van der Waals surface area contributed by atoms with Gasteiger partial charge in [-0.15, -0.1) is 16.9 Å². The predicted molar refractivity (Wildman–Crippen MR) is 80.0 cm³/mol. The van der Waals surface area contributed by atoms with E-state index >= 15 is 0 Å². The molecule has 0 saturated heterocycles. The largest absolute Gasteiger partial charge is 0.478 e. The van der Waals surface area contributed by atoms with Crippen molar-refractivity contribution in [2.24, 2.45) is 0 Å². The molecule has 1 heterocycles. The van der Waals surface area contributed by atoms with E-state index in [-0.39, 0.29) is 0 Å². The average molecular weight is 322 g/mol. The number of carbonyl (C=O) groups is 1. The quantitative estimate of drug-likeness (QED) is 0.819. The number of carboxylic acids is 1. The normalized spacial score (nSPS) is 14.3. The lowest BCUT2D eigenvalue weighted by molar-refractivity contribution is 0.0689. The summed E-state index contributed by atoms with van der Waals surface area (Å²) in [5, 5.41) is 21.9. The molecular formula is C13H14N4O2S2. The predicted octanol–water partition coefficient (Wildman–Crippen LogP) is 2.97. The Morgan fingerprint density at radius 1 is 1.43 bits per heavy atom. The molecule has 0 atom stereocenters. The summed E-state index contributed by atoms with van der Waals surface area (Å²) in [5.41, 5.74) is 0.333. The van der Waals surface area contributed by atoms with E-state index < -0.39 is 5.97 Å². The number of nitrogens with zero attached hydrogens (tertiary/aromatic N) is 4. The fraction of sp³-hybridized carbons (Fsp3) is 0.385. The lowest BCUT2D eigenvalue weighted by Crippen LogP contribution is -2.03. The maximum absolute atomic E-state index is 11.6. The van der Waals surface area contributed by atoms with Crippen LogP contribution in [0.25, 0.3) is 0 Å². The van der Waals surface area contributed by atoms with Crippen LogP contribution in [0.15, 0.2) is 33.1 Å². The number of aromatic carboxylic acids is 1. The third-order valence-electron chi connectivity index (χ3n) is 3.06. The second kappa shape index (κ2) is 6.07. The van der Waals surface area contributed by atoms with E-state index in [1.54, 1.807) is 10.7 Å².